The van der Waals surface area contributed by atoms with Crippen LogP contribution in [0.5, 0.6) is 0 Å². The van der Waals surface area contributed by atoms with E-state index in [9.17, 15) is 0 Å². The maximum Gasteiger partial charge on any atom is 0.0652 e. The van der Waals surface area contributed by atoms with Crippen LogP contribution in [-0.2, 0) is 0 Å². The van der Waals surface area contributed by atoms with Gasteiger partial charge < -0.3 is 4.90 Å². The molecule has 43 heavy (non-hydrogen) atoms. The highest BCUT2D eigenvalue weighted by atomic mass is 15.5. The Bertz CT molecular complexity index is 1700. The molecule has 3 nitrogen and oxygen atoms in total. The highest BCUT2D eigenvalue weighted by Crippen LogP contribution is 2.29. The predicted molar refractivity (Wildman–Crippen MR) is 183 cm³/mol. The second-order valence-electron chi connectivity index (χ2n) is 10.3. The van der Waals surface area contributed by atoms with Crippen LogP contribution in [0.3, 0.4) is 0 Å². The zero-order valence-corrected chi connectivity index (χ0v) is 24.2. The van der Waals surface area contributed by atoms with Gasteiger partial charge in [-0.1, -0.05) is 121 Å². The summed E-state index contributed by atoms with van der Waals surface area (Å²) in [4.78, 5) is 2.20. The summed E-state index contributed by atoms with van der Waals surface area (Å²) in [7, 11) is 2.10. The van der Waals surface area contributed by atoms with E-state index in [0.717, 1.165) is 33.9 Å². The van der Waals surface area contributed by atoms with Crippen molar-refractivity contribution in [2.24, 2.45) is 5.10 Å². The van der Waals surface area contributed by atoms with Crippen LogP contribution in [0, 0.1) is 0 Å². The molecule has 0 N–H and O–H groups in total. The summed E-state index contributed by atoms with van der Waals surface area (Å²) in [6.07, 6.45) is 4.17. The minimum absolute atomic E-state index is 1.01. The summed E-state index contributed by atoms with van der Waals surface area (Å²) in [6.45, 7) is 0. The lowest BCUT2D eigenvalue weighted by molar-refractivity contribution is 1.09. The van der Waals surface area contributed by atoms with Crippen molar-refractivity contribution in [1.82, 2.24) is 0 Å². The number of anilines is 4. The molecule has 0 bridgehead atoms. The lowest BCUT2D eigenvalue weighted by Crippen LogP contribution is -2.10. The van der Waals surface area contributed by atoms with E-state index >= 15 is 0 Å². The smallest absolute Gasteiger partial charge is 0.0652 e. The third kappa shape index (κ3) is 6.80. The van der Waals surface area contributed by atoms with Crippen molar-refractivity contribution in [3.8, 4) is 0 Å². The SMILES string of the molecule is CN(c1ccc(C=NN(c2ccccc2)c2ccccc2)cc1)c1ccc(C=C(c2ccccc2)c2ccccc2)cc1. The highest BCUT2D eigenvalue weighted by molar-refractivity contribution is 5.91. The van der Waals surface area contributed by atoms with Crippen LogP contribution < -0.4 is 9.91 Å². The number of benzene rings is 6. The van der Waals surface area contributed by atoms with E-state index in [1.807, 2.05) is 47.6 Å². The van der Waals surface area contributed by atoms with Crippen molar-refractivity contribution in [3.05, 3.63) is 192 Å². The number of rotatable bonds is 9. The number of nitrogens with zero attached hydrogens (tertiary/aromatic N) is 3. The van der Waals surface area contributed by atoms with Gasteiger partial charge in [-0.2, -0.15) is 5.10 Å². The van der Waals surface area contributed by atoms with Gasteiger partial charge in [0.1, 0.15) is 0 Å². The average Bonchev–Trinajstić information content (AvgIpc) is 3.09. The van der Waals surface area contributed by atoms with Crippen LogP contribution >= 0.6 is 0 Å². The van der Waals surface area contributed by atoms with Gasteiger partial charge in [-0.3, -0.25) is 0 Å². The van der Waals surface area contributed by atoms with Crippen LogP contribution in [-0.4, -0.2) is 13.3 Å². The Balaban J connectivity index is 1.19. The molecule has 6 aromatic rings. The molecule has 0 atom stereocenters. The normalized spacial score (nSPS) is 10.8. The van der Waals surface area contributed by atoms with Crippen molar-refractivity contribution < 1.29 is 0 Å². The van der Waals surface area contributed by atoms with Crippen molar-refractivity contribution >= 4 is 40.6 Å². The molecule has 208 valence electrons. The largest absolute Gasteiger partial charge is 0.345 e. The summed E-state index contributed by atoms with van der Waals surface area (Å²) >= 11 is 0. The molecular formula is C40H33N3. The van der Waals surface area contributed by atoms with Crippen molar-refractivity contribution in [2.45, 2.75) is 0 Å². The molecule has 0 aliphatic rings. The van der Waals surface area contributed by atoms with Gasteiger partial charge in [0.15, 0.2) is 0 Å². The van der Waals surface area contributed by atoms with E-state index in [-0.39, 0.29) is 0 Å². The Morgan fingerprint density at radius 1 is 0.442 bits per heavy atom. The van der Waals surface area contributed by atoms with Crippen LogP contribution in [0.1, 0.15) is 22.3 Å². The van der Waals surface area contributed by atoms with Crippen LogP contribution in [0.2, 0.25) is 0 Å². The summed E-state index contributed by atoms with van der Waals surface area (Å²) in [5.41, 5.74) is 10.1. The van der Waals surface area contributed by atoms with Gasteiger partial charge in [-0.25, -0.2) is 5.01 Å². The maximum absolute atomic E-state index is 4.83. The maximum atomic E-state index is 4.83. The predicted octanol–water partition coefficient (Wildman–Crippen LogP) is 10.2. The van der Waals surface area contributed by atoms with E-state index in [1.165, 1.54) is 16.7 Å². The fraction of sp³-hybridized carbons (Fsp3) is 0.0250. The number of hydrogen-bond acceptors (Lipinski definition) is 3. The first kappa shape index (κ1) is 27.5. The van der Waals surface area contributed by atoms with Crippen LogP contribution in [0.4, 0.5) is 22.7 Å². The zero-order chi connectivity index (χ0) is 29.3. The Kier molecular flexibility index (Phi) is 8.52. The molecule has 0 amide bonds. The van der Waals surface area contributed by atoms with Crippen molar-refractivity contribution in [3.63, 3.8) is 0 Å². The van der Waals surface area contributed by atoms with E-state index in [2.05, 4.69) is 151 Å². The Morgan fingerprint density at radius 2 is 0.837 bits per heavy atom. The van der Waals surface area contributed by atoms with Crippen molar-refractivity contribution in [1.29, 1.82) is 0 Å². The highest BCUT2D eigenvalue weighted by Gasteiger charge is 2.09. The fourth-order valence-electron chi connectivity index (χ4n) is 5.01. The Morgan fingerprint density at radius 3 is 1.28 bits per heavy atom. The topological polar surface area (TPSA) is 18.8 Å². The molecule has 3 heteroatoms. The second kappa shape index (κ2) is 13.3. The molecule has 6 rings (SSSR count). The van der Waals surface area contributed by atoms with Gasteiger partial charge >= 0.3 is 0 Å². The van der Waals surface area contributed by atoms with Gasteiger partial charge in [0, 0.05) is 18.4 Å². The zero-order valence-electron chi connectivity index (χ0n) is 24.2. The molecule has 0 heterocycles. The monoisotopic (exact) mass is 555 g/mol. The van der Waals surface area contributed by atoms with E-state index in [1.54, 1.807) is 0 Å². The van der Waals surface area contributed by atoms with E-state index in [4.69, 9.17) is 5.10 Å². The molecule has 0 radical (unpaired) electrons. The molecule has 0 unspecified atom stereocenters. The third-order valence-corrected chi connectivity index (χ3v) is 7.37. The summed E-state index contributed by atoms with van der Waals surface area (Å²) in [5.74, 6) is 0. The minimum atomic E-state index is 1.01. The van der Waals surface area contributed by atoms with Crippen LogP contribution in [0.25, 0.3) is 11.6 Å². The molecule has 0 spiro atoms. The summed E-state index contributed by atoms with van der Waals surface area (Å²) in [5, 5.41) is 6.79. The molecule has 0 saturated carbocycles. The molecule has 0 aliphatic carbocycles. The summed E-state index contributed by atoms with van der Waals surface area (Å²) in [6, 6.07) is 58.7. The lowest BCUT2D eigenvalue weighted by Gasteiger charge is -2.20. The average molecular weight is 556 g/mol. The number of hydrogen-bond donors (Lipinski definition) is 0. The first-order valence-corrected chi connectivity index (χ1v) is 14.5. The number of para-hydroxylation sites is 2. The quantitative estimate of drug-likeness (QED) is 0.100. The first-order chi connectivity index (χ1) is 21.2. The molecule has 0 fully saturated rings. The Hall–Kier alpha value is -5.67. The molecule has 0 aliphatic heterocycles. The van der Waals surface area contributed by atoms with E-state index in [0.29, 0.717) is 0 Å². The van der Waals surface area contributed by atoms with Gasteiger partial charge in [0.05, 0.1) is 17.6 Å². The van der Waals surface area contributed by atoms with E-state index < -0.39 is 0 Å². The lowest BCUT2D eigenvalue weighted by atomic mass is 9.96. The molecule has 0 saturated heterocycles. The van der Waals surface area contributed by atoms with Gasteiger partial charge in [-0.05, 0) is 82.4 Å². The standard InChI is InChI=1S/C40H33N3/c1-42(36-26-22-32(23-27-36)30-40(34-14-6-2-7-15-34)35-16-8-3-9-17-35)37-28-24-33(25-29-37)31-41-43(38-18-10-4-11-19-38)39-20-12-5-13-21-39/h2-31H,1H3. The van der Waals surface area contributed by atoms with Gasteiger partial charge in [0.25, 0.3) is 0 Å². The minimum Gasteiger partial charge on any atom is -0.345 e. The molecule has 0 aromatic heterocycles. The van der Waals surface area contributed by atoms with Crippen molar-refractivity contribution in [2.75, 3.05) is 17.0 Å². The fourth-order valence-corrected chi connectivity index (χ4v) is 5.01. The van der Waals surface area contributed by atoms with Crippen LogP contribution in [0.15, 0.2) is 175 Å². The second-order valence-corrected chi connectivity index (χ2v) is 10.3. The first-order valence-electron chi connectivity index (χ1n) is 14.5. The molecule has 6 aromatic carbocycles. The summed E-state index contributed by atoms with van der Waals surface area (Å²) < 4.78 is 0. The van der Waals surface area contributed by atoms with Gasteiger partial charge in [0.2, 0.25) is 0 Å². The van der Waals surface area contributed by atoms with Gasteiger partial charge in [-0.15, -0.1) is 0 Å². The molecular weight excluding hydrogens is 522 g/mol. The third-order valence-electron chi connectivity index (χ3n) is 7.37. The number of hydrazone groups is 1. The Labute approximate surface area is 254 Å².